The van der Waals surface area contributed by atoms with Crippen LogP contribution in [0, 0.1) is 0 Å². The Balaban J connectivity index is 2.15. The number of aromatic nitrogens is 1. The third kappa shape index (κ3) is 3.60. The molecule has 6 heteroatoms. The van der Waals surface area contributed by atoms with Gasteiger partial charge in [-0.05, 0) is 18.6 Å². The van der Waals surface area contributed by atoms with Crippen LogP contribution in [0.5, 0.6) is 5.75 Å². The van der Waals surface area contributed by atoms with Crippen LogP contribution in [0.15, 0.2) is 30.5 Å². The summed E-state index contributed by atoms with van der Waals surface area (Å²) in [5, 5.41) is 5.13. The number of hydrogen-bond donors (Lipinski definition) is 1. The second kappa shape index (κ2) is 6.09. The zero-order valence-corrected chi connectivity index (χ0v) is 12.4. The Bertz CT molecular complexity index is 699. The molecule has 1 aromatic heterocycles. The molecule has 2 aromatic rings. The third-order valence-electron chi connectivity index (χ3n) is 2.97. The highest BCUT2D eigenvalue weighted by molar-refractivity contribution is 7.90. The Hall–Kier alpha value is -1.82. The van der Waals surface area contributed by atoms with Gasteiger partial charge in [0.1, 0.15) is 21.4 Å². The average Bonchev–Trinajstić information content (AvgIpc) is 2.42. The van der Waals surface area contributed by atoms with Crippen molar-refractivity contribution in [2.45, 2.75) is 6.42 Å². The third-order valence-corrected chi connectivity index (χ3v) is 4.00. The van der Waals surface area contributed by atoms with E-state index >= 15 is 0 Å². The molecule has 0 fully saturated rings. The normalized spacial score (nSPS) is 11.5. The molecular weight excluding hydrogens is 276 g/mol. The Morgan fingerprint density at radius 3 is 2.75 bits per heavy atom. The molecule has 0 spiro atoms. The summed E-state index contributed by atoms with van der Waals surface area (Å²) in [6.07, 6.45) is 3.51. The molecular formula is C14H18N2O3S. The number of ether oxygens (including phenoxy) is 1. The van der Waals surface area contributed by atoms with Crippen LogP contribution in [0.25, 0.3) is 10.8 Å². The van der Waals surface area contributed by atoms with Crippen LogP contribution >= 0.6 is 0 Å². The summed E-state index contributed by atoms with van der Waals surface area (Å²) in [5.74, 6) is 1.72. The fourth-order valence-corrected chi connectivity index (χ4v) is 2.71. The van der Waals surface area contributed by atoms with E-state index in [-0.39, 0.29) is 5.75 Å². The SMILES string of the molecule is COc1cccc2c(NCCCS(C)(=O)=O)nccc12. The van der Waals surface area contributed by atoms with E-state index in [1.165, 1.54) is 6.26 Å². The van der Waals surface area contributed by atoms with E-state index in [0.29, 0.717) is 13.0 Å². The maximum absolute atomic E-state index is 11.1. The van der Waals surface area contributed by atoms with Crippen LogP contribution in [0.1, 0.15) is 6.42 Å². The van der Waals surface area contributed by atoms with Crippen molar-refractivity contribution in [2.75, 3.05) is 31.0 Å². The van der Waals surface area contributed by atoms with Crippen LogP contribution in [-0.4, -0.2) is 39.1 Å². The topological polar surface area (TPSA) is 68.3 Å². The molecule has 0 aliphatic heterocycles. The van der Waals surface area contributed by atoms with Gasteiger partial charge in [0, 0.05) is 29.8 Å². The van der Waals surface area contributed by atoms with Gasteiger partial charge in [-0.2, -0.15) is 0 Å². The summed E-state index contributed by atoms with van der Waals surface area (Å²) in [4.78, 5) is 4.30. The smallest absolute Gasteiger partial charge is 0.147 e. The quantitative estimate of drug-likeness (QED) is 0.826. The van der Waals surface area contributed by atoms with Crippen molar-refractivity contribution in [3.63, 3.8) is 0 Å². The molecule has 0 unspecified atom stereocenters. The average molecular weight is 294 g/mol. The molecule has 0 saturated heterocycles. The minimum Gasteiger partial charge on any atom is -0.496 e. The zero-order valence-electron chi connectivity index (χ0n) is 11.6. The van der Waals surface area contributed by atoms with Gasteiger partial charge in [-0.1, -0.05) is 12.1 Å². The van der Waals surface area contributed by atoms with Gasteiger partial charge in [0.2, 0.25) is 0 Å². The Morgan fingerprint density at radius 2 is 2.05 bits per heavy atom. The fourth-order valence-electron chi connectivity index (χ4n) is 2.04. The number of rotatable bonds is 6. The molecule has 5 nitrogen and oxygen atoms in total. The van der Waals surface area contributed by atoms with Crippen LogP contribution in [0.3, 0.4) is 0 Å². The summed E-state index contributed by atoms with van der Waals surface area (Å²) in [7, 11) is -1.28. The minimum atomic E-state index is -2.91. The molecule has 0 aliphatic carbocycles. The molecule has 108 valence electrons. The molecule has 1 heterocycles. The summed E-state index contributed by atoms with van der Waals surface area (Å²) in [6, 6.07) is 7.67. The van der Waals surface area contributed by atoms with Crippen molar-refractivity contribution in [2.24, 2.45) is 0 Å². The molecule has 1 N–H and O–H groups in total. The lowest BCUT2D eigenvalue weighted by atomic mass is 10.1. The summed E-state index contributed by atoms with van der Waals surface area (Å²) in [5.41, 5.74) is 0. The van der Waals surface area contributed by atoms with E-state index in [9.17, 15) is 8.42 Å². The van der Waals surface area contributed by atoms with Crippen molar-refractivity contribution >= 4 is 26.4 Å². The Morgan fingerprint density at radius 1 is 1.25 bits per heavy atom. The van der Waals surface area contributed by atoms with Crippen LogP contribution in [0.4, 0.5) is 5.82 Å². The lowest BCUT2D eigenvalue weighted by Gasteiger charge is -2.10. The molecule has 2 rings (SSSR count). The first-order valence-corrected chi connectivity index (χ1v) is 8.40. The van der Waals surface area contributed by atoms with E-state index in [2.05, 4.69) is 10.3 Å². The number of fused-ring (bicyclic) bond motifs is 1. The molecule has 1 aromatic carbocycles. The van der Waals surface area contributed by atoms with Gasteiger partial charge in [-0.25, -0.2) is 13.4 Å². The van der Waals surface area contributed by atoms with Crippen LogP contribution in [-0.2, 0) is 9.84 Å². The maximum atomic E-state index is 11.1. The Kier molecular flexibility index (Phi) is 4.44. The number of nitrogens with one attached hydrogen (secondary N) is 1. The van der Waals surface area contributed by atoms with Gasteiger partial charge in [0.15, 0.2) is 0 Å². The van der Waals surface area contributed by atoms with E-state index in [4.69, 9.17) is 4.74 Å². The van der Waals surface area contributed by atoms with Gasteiger partial charge in [-0.15, -0.1) is 0 Å². The predicted octanol–water partition coefficient (Wildman–Crippen LogP) is 2.09. The van der Waals surface area contributed by atoms with Gasteiger partial charge in [0.25, 0.3) is 0 Å². The van der Waals surface area contributed by atoms with E-state index in [1.54, 1.807) is 13.3 Å². The number of methoxy groups -OCH3 is 1. The first kappa shape index (κ1) is 14.6. The number of benzene rings is 1. The van der Waals surface area contributed by atoms with Gasteiger partial charge in [-0.3, -0.25) is 0 Å². The van der Waals surface area contributed by atoms with Gasteiger partial charge >= 0.3 is 0 Å². The van der Waals surface area contributed by atoms with E-state index in [1.807, 2.05) is 24.3 Å². The highest BCUT2D eigenvalue weighted by Gasteiger charge is 2.06. The molecule has 0 saturated carbocycles. The summed E-state index contributed by atoms with van der Waals surface area (Å²) < 4.78 is 27.5. The molecule has 0 amide bonds. The number of sulfone groups is 1. The number of nitrogens with zero attached hydrogens (tertiary/aromatic N) is 1. The van der Waals surface area contributed by atoms with E-state index in [0.717, 1.165) is 22.3 Å². The molecule has 0 radical (unpaired) electrons. The first-order chi connectivity index (χ1) is 9.51. The number of anilines is 1. The zero-order chi connectivity index (χ0) is 14.6. The van der Waals surface area contributed by atoms with Gasteiger partial charge < -0.3 is 10.1 Å². The lowest BCUT2D eigenvalue weighted by Crippen LogP contribution is -2.10. The second-order valence-electron chi connectivity index (χ2n) is 4.63. The molecule has 0 bridgehead atoms. The first-order valence-electron chi connectivity index (χ1n) is 6.34. The van der Waals surface area contributed by atoms with Crippen LogP contribution in [0.2, 0.25) is 0 Å². The maximum Gasteiger partial charge on any atom is 0.147 e. The minimum absolute atomic E-state index is 0.175. The van der Waals surface area contributed by atoms with Crippen molar-refractivity contribution in [3.8, 4) is 5.75 Å². The van der Waals surface area contributed by atoms with Crippen molar-refractivity contribution in [1.82, 2.24) is 4.98 Å². The fraction of sp³-hybridized carbons (Fsp3) is 0.357. The molecule has 0 atom stereocenters. The van der Waals surface area contributed by atoms with Crippen LogP contribution < -0.4 is 10.1 Å². The highest BCUT2D eigenvalue weighted by atomic mass is 32.2. The van der Waals surface area contributed by atoms with Crippen molar-refractivity contribution < 1.29 is 13.2 Å². The highest BCUT2D eigenvalue weighted by Crippen LogP contribution is 2.28. The summed E-state index contributed by atoms with van der Waals surface area (Å²) in [6.45, 7) is 0.566. The number of pyridine rings is 1. The monoisotopic (exact) mass is 294 g/mol. The molecule has 20 heavy (non-hydrogen) atoms. The Labute approximate surface area is 118 Å². The van der Waals surface area contributed by atoms with Gasteiger partial charge in [0.05, 0.1) is 12.9 Å². The van der Waals surface area contributed by atoms with Crippen molar-refractivity contribution in [3.05, 3.63) is 30.5 Å². The number of hydrogen-bond acceptors (Lipinski definition) is 5. The van der Waals surface area contributed by atoms with Crippen molar-refractivity contribution in [1.29, 1.82) is 0 Å². The summed E-state index contributed by atoms with van der Waals surface area (Å²) >= 11 is 0. The largest absolute Gasteiger partial charge is 0.496 e. The predicted molar refractivity (Wildman–Crippen MR) is 81.1 cm³/mol. The molecule has 0 aliphatic rings. The standard InChI is InChI=1S/C14H18N2O3S/c1-19-13-6-3-5-12-11(13)7-9-16-14(12)15-8-4-10-20(2,17)18/h3,5-7,9H,4,8,10H2,1-2H3,(H,15,16). The lowest BCUT2D eigenvalue weighted by molar-refractivity contribution is 0.420. The van der Waals surface area contributed by atoms with E-state index < -0.39 is 9.84 Å². The second-order valence-corrected chi connectivity index (χ2v) is 6.88.